The molecule has 3 heterocycles. The molecule has 0 bridgehead atoms. The highest BCUT2D eigenvalue weighted by Crippen LogP contribution is 2.32. The molecule has 1 aromatic carbocycles. The Kier molecular flexibility index (Phi) is 4.81. The van der Waals surface area contributed by atoms with Crippen LogP contribution in [0.5, 0.6) is 0 Å². The molecule has 1 atom stereocenters. The van der Waals surface area contributed by atoms with Gasteiger partial charge in [0.2, 0.25) is 10.0 Å². The van der Waals surface area contributed by atoms with E-state index in [4.69, 9.17) is 16.6 Å². The van der Waals surface area contributed by atoms with Gasteiger partial charge in [-0.2, -0.15) is 4.31 Å². The molecule has 4 rings (SSSR count). The lowest BCUT2D eigenvalue weighted by atomic mass is 10.2. The molecule has 3 aromatic rings. The van der Waals surface area contributed by atoms with Gasteiger partial charge in [-0.3, -0.25) is 0 Å². The Balaban J connectivity index is 1.71. The molecule has 0 spiro atoms. The number of rotatable bonds is 3. The van der Waals surface area contributed by atoms with Crippen molar-refractivity contribution >= 4 is 38.5 Å². The van der Waals surface area contributed by atoms with E-state index in [9.17, 15) is 8.42 Å². The van der Waals surface area contributed by atoms with E-state index >= 15 is 0 Å². The summed E-state index contributed by atoms with van der Waals surface area (Å²) in [5.41, 5.74) is 2.75. The fourth-order valence-electron chi connectivity index (χ4n) is 3.71. The van der Waals surface area contributed by atoms with Crippen molar-refractivity contribution in [1.29, 1.82) is 0 Å². The summed E-state index contributed by atoms with van der Waals surface area (Å²) in [7, 11) is -1.22. The van der Waals surface area contributed by atoms with E-state index in [1.54, 1.807) is 6.20 Å². The molecule has 1 aliphatic rings. The zero-order chi connectivity index (χ0) is 20.1. The zero-order valence-electron chi connectivity index (χ0n) is 16.0. The highest BCUT2D eigenvalue weighted by Gasteiger charge is 2.30. The summed E-state index contributed by atoms with van der Waals surface area (Å²) in [6.45, 7) is 3.45. The number of benzene rings is 1. The minimum absolute atomic E-state index is 0.00504. The van der Waals surface area contributed by atoms with Gasteiger partial charge in [0, 0.05) is 44.5 Å². The van der Waals surface area contributed by atoms with E-state index in [1.807, 2.05) is 48.9 Å². The Hall–Kier alpha value is -2.16. The third kappa shape index (κ3) is 3.36. The van der Waals surface area contributed by atoms with Gasteiger partial charge < -0.3 is 9.47 Å². The number of halogens is 1. The molecule has 1 saturated heterocycles. The fourth-order valence-corrected chi connectivity index (χ4v) is 4.80. The predicted molar refractivity (Wildman–Crippen MR) is 112 cm³/mol. The topological polar surface area (TPSA) is 71.3 Å². The number of pyridine rings is 1. The van der Waals surface area contributed by atoms with Crippen molar-refractivity contribution in [2.24, 2.45) is 7.05 Å². The summed E-state index contributed by atoms with van der Waals surface area (Å²) in [5.74, 6) is 1.55. The Labute approximate surface area is 169 Å². The van der Waals surface area contributed by atoms with Gasteiger partial charge >= 0.3 is 0 Å². The Morgan fingerprint density at radius 2 is 1.96 bits per heavy atom. The Morgan fingerprint density at radius 3 is 2.64 bits per heavy atom. The molecule has 28 heavy (non-hydrogen) atoms. The predicted octanol–water partition coefficient (Wildman–Crippen LogP) is 2.76. The van der Waals surface area contributed by atoms with Crippen LogP contribution in [-0.2, 0) is 17.1 Å². The normalized spacial score (nSPS) is 18.7. The van der Waals surface area contributed by atoms with Crippen molar-refractivity contribution in [2.45, 2.75) is 13.0 Å². The van der Waals surface area contributed by atoms with Gasteiger partial charge in [0.25, 0.3) is 0 Å². The van der Waals surface area contributed by atoms with E-state index in [0.29, 0.717) is 24.7 Å². The standard InChI is InChI=1S/C19H22ClN5O2S/c1-13-12-24(28(3,26)27)8-9-25(13)18-10-14(15(20)11-21-18)19-22-16-6-4-5-7-17(16)23(19)2/h4-7,10-11,13H,8-9,12H2,1-3H3/t13-/m1/s1. The Morgan fingerprint density at radius 1 is 1.21 bits per heavy atom. The third-order valence-electron chi connectivity index (χ3n) is 5.22. The first-order valence-corrected chi connectivity index (χ1v) is 11.3. The number of aromatic nitrogens is 3. The molecule has 7 nitrogen and oxygen atoms in total. The molecule has 0 saturated carbocycles. The van der Waals surface area contributed by atoms with Gasteiger partial charge in [0.15, 0.2) is 0 Å². The summed E-state index contributed by atoms with van der Waals surface area (Å²) in [6, 6.07) is 9.88. The number of fused-ring (bicyclic) bond motifs is 1. The summed E-state index contributed by atoms with van der Waals surface area (Å²) in [5, 5.41) is 0.532. The summed E-state index contributed by atoms with van der Waals surface area (Å²) in [4.78, 5) is 11.4. The average molecular weight is 420 g/mol. The van der Waals surface area contributed by atoms with Gasteiger partial charge in [-0.15, -0.1) is 0 Å². The van der Waals surface area contributed by atoms with Gasteiger partial charge in [-0.05, 0) is 25.1 Å². The summed E-state index contributed by atoms with van der Waals surface area (Å²) < 4.78 is 27.2. The van der Waals surface area contributed by atoms with Crippen LogP contribution < -0.4 is 4.90 Å². The van der Waals surface area contributed by atoms with Crippen molar-refractivity contribution in [3.05, 3.63) is 41.6 Å². The maximum absolute atomic E-state index is 11.8. The lowest BCUT2D eigenvalue weighted by Gasteiger charge is -2.39. The number of hydrogen-bond donors (Lipinski definition) is 0. The van der Waals surface area contributed by atoms with Crippen LogP contribution in [0.1, 0.15) is 6.92 Å². The third-order valence-corrected chi connectivity index (χ3v) is 6.79. The Bertz CT molecular complexity index is 1140. The van der Waals surface area contributed by atoms with Crippen LogP contribution in [-0.4, -0.2) is 59.2 Å². The van der Waals surface area contributed by atoms with Gasteiger partial charge in [-0.1, -0.05) is 23.7 Å². The number of sulfonamides is 1. The minimum Gasteiger partial charge on any atom is -0.351 e. The number of hydrogen-bond acceptors (Lipinski definition) is 5. The second kappa shape index (κ2) is 7.02. The molecule has 0 N–H and O–H groups in total. The van der Waals surface area contributed by atoms with Crippen LogP contribution in [0.3, 0.4) is 0 Å². The first-order chi connectivity index (χ1) is 13.3. The average Bonchev–Trinajstić information content (AvgIpc) is 2.98. The largest absolute Gasteiger partial charge is 0.351 e. The van der Waals surface area contributed by atoms with E-state index < -0.39 is 10.0 Å². The van der Waals surface area contributed by atoms with Crippen molar-refractivity contribution in [3.8, 4) is 11.4 Å². The number of nitrogens with zero attached hydrogens (tertiary/aromatic N) is 5. The monoisotopic (exact) mass is 419 g/mol. The fraction of sp³-hybridized carbons (Fsp3) is 0.368. The van der Waals surface area contributed by atoms with Crippen molar-refractivity contribution < 1.29 is 8.42 Å². The van der Waals surface area contributed by atoms with Gasteiger partial charge in [0.1, 0.15) is 11.6 Å². The molecular weight excluding hydrogens is 398 g/mol. The number of imidazole rings is 1. The molecule has 0 amide bonds. The van der Waals surface area contributed by atoms with Crippen LogP contribution in [0.2, 0.25) is 5.02 Å². The molecule has 0 unspecified atom stereocenters. The second-order valence-corrected chi connectivity index (χ2v) is 9.56. The van der Waals surface area contributed by atoms with Crippen molar-refractivity contribution in [2.75, 3.05) is 30.8 Å². The maximum atomic E-state index is 11.8. The smallest absolute Gasteiger partial charge is 0.211 e. The number of aryl methyl sites for hydroxylation is 1. The quantitative estimate of drug-likeness (QED) is 0.652. The molecule has 1 fully saturated rings. The maximum Gasteiger partial charge on any atom is 0.211 e. The lowest BCUT2D eigenvalue weighted by molar-refractivity contribution is 0.343. The number of anilines is 1. The van der Waals surface area contributed by atoms with E-state index in [2.05, 4.69) is 9.88 Å². The van der Waals surface area contributed by atoms with Crippen LogP contribution >= 0.6 is 11.6 Å². The van der Waals surface area contributed by atoms with E-state index in [1.165, 1.54) is 10.6 Å². The first-order valence-electron chi connectivity index (χ1n) is 9.05. The minimum atomic E-state index is -3.19. The first kappa shape index (κ1) is 19.2. The molecular formula is C19H22ClN5O2S. The van der Waals surface area contributed by atoms with Crippen LogP contribution in [0.15, 0.2) is 36.5 Å². The van der Waals surface area contributed by atoms with E-state index in [0.717, 1.165) is 28.2 Å². The SMILES string of the molecule is C[C@@H]1CN(S(C)(=O)=O)CCN1c1cc(-c2nc3ccccc3n2C)c(Cl)cn1. The lowest BCUT2D eigenvalue weighted by Crippen LogP contribution is -2.53. The zero-order valence-corrected chi connectivity index (χ0v) is 17.6. The van der Waals surface area contributed by atoms with Gasteiger partial charge in [0.05, 0.1) is 22.3 Å². The highest BCUT2D eigenvalue weighted by molar-refractivity contribution is 7.88. The number of piperazine rings is 1. The molecule has 0 aliphatic carbocycles. The number of para-hydroxylation sites is 2. The molecule has 2 aromatic heterocycles. The van der Waals surface area contributed by atoms with Crippen LogP contribution in [0, 0.1) is 0 Å². The van der Waals surface area contributed by atoms with Crippen molar-refractivity contribution in [1.82, 2.24) is 18.8 Å². The van der Waals surface area contributed by atoms with Crippen LogP contribution in [0.25, 0.3) is 22.4 Å². The second-order valence-electron chi connectivity index (χ2n) is 7.17. The molecule has 1 aliphatic heterocycles. The van der Waals surface area contributed by atoms with Gasteiger partial charge in [-0.25, -0.2) is 18.4 Å². The molecule has 9 heteroatoms. The summed E-state index contributed by atoms with van der Waals surface area (Å²) >= 11 is 6.47. The van der Waals surface area contributed by atoms with E-state index in [-0.39, 0.29) is 6.04 Å². The summed E-state index contributed by atoms with van der Waals surface area (Å²) in [6.07, 6.45) is 2.89. The molecule has 0 radical (unpaired) electrons. The molecule has 148 valence electrons. The highest BCUT2D eigenvalue weighted by atomic mass is 35.5. The van der Waals surface area contributed by atoms with Crippen LogP contribution in [0.4, 0.5) is 5.82 Å². The van der Waals surface area contributed by atoms with Crippen molar-refractivity contribution in [3.63, 3.8) is 0 Å².